The Hall–Kier alpha value is -3.38. The molecule has 0 saturated heterocycles. The molecule has 0 amide bonds. The van der Waals surface area contributed by atoms with Crippen molar-refractivity contribution in [1.29, 1.82) is 0 Å². The first-order valence-electron chi connectivity index (χ1n) is 9.64. The van der Waals surface area contributed by atoms with E-state index in [0.717, 1.165) is 18.8 Å². The summed E-state index contributed by atoms with van der Waals surface area (Å²) in [4.78, 5) is 18.6. The molecule has 0 aliphatic heterocycles. The minimum absolute atomic E-state index is 0.0762. The molecule has 0 aliphatic rings. The van der Waals surface area contributed by atoms with Crippen molar-refractivity contribution in [3.05, 3.63) is 52.7 Å². The van der Waals surface area contributed by atoms with Crippen LogP contribution in [0, 0.1) is 0 Å². The second-order valence-electron chi connectivity index (χ2n) is 6.91. The number of benzene rings is 3. The zero-order chi connectivity index (χ0) is 24.6. The van der Waals surface area contributed by atoms with Crippen LogP contribution in [0.15, 0.2) is 51.7 Å². The molecule has 0 unspecified atom stereocenters. The average molecular weight is 484 g/mol. The van der Waals surface area contributed by atoms with Crippen molar-refractivity contribution in [2.45, 2.75) is 19.4 Å². The standard InChI is InChI=1S/C20H18N2O3.CHF3O3S/c1-3-22(4-2)12-5-8-16-18(9-12)25-19-11-17(24)14-7-6-13(23)10-15(14)20(19)21-16;2-1(3,4)8(5,6)7/h5-11,24H,3-4H2,1-2H3;(H,5,6,7). The molecule has 8 nitrogen and oxygen atoms in total. The molecule has 0 atom stereocenters. The van der Waals surface area contributed by atoms with Crippen molar-refractivity contribution < 1.29 is 35.7 Å². The van der Waals surface area contributed by atoms with Crippen LogP contribution in [-0.2, 0) is 10.1 Å². The van der Waals surface area contributed by atoms with Crippen LogP contribution in [0.5, 0.6) is 5.75 Å². The van der Waals surface area contributed by atoms with Gasteiger partial charge in [-0.15, -0.1) is 0 Å². The molecule has 4 rings (SSSR count). The lowest BCUT2D eigenvalue weighted by Gasteiger charge is -2.21. The van der Waals surface area contributed by atoms with Crippen LogP contribution < -0.4 is 10.3 Å². The first-order chi connectivity index (χ1) is 15.4. The molecule has 2 N–H and O–H groups in total. The van der Waals surface area contributed by atoms with Crippen LogP contribution in [0.2, 0.25) is 0 Å². The van der Waals surface area contributed by atoms with Crippen LogP contribution in [0.3, 0.4) is 0 Å². The van der Waals surface area contributed by atoms with Crippen LogP contribution in [-0.4, -0.2) is 41.7 Å². The van der Waals surface area contributed by atoms with Gasteiger partial charge in [-0.2, -0.15) is 21.6 Å². The minimum atomic E-state index is -5.84. The number of aromatic hydroxyl groups is 1. The Labute approximate surface area is 185 Å². The Morgan fingerprint density at radius 1 is 1.00 bits per heavy atom. The molecule has 1 heterocycles. The summed E-state index contributed by atoms with van der Waals surface area (Å²) in [6.07, 6.45) is 0. The van der Waals surface area contributed by atoms with Gasteiger partial charge in [-0.3, -0.25) is 9.35 Å². The molecule has 1 aromatic heterocycles. The van der Waals surface area contributed by atoms with Gasteiger partial charge in [0.1, 0.15) is 16.8 Å². The summed E-state index contributed by atoms with van der Waals surface area (Å²) in [6.45, 7) is 6.02. The molecule has 0 saturated carbocycles. The summed E-state index contributed by atoms with van der Waals surface area (Å²) in [5, 5.41) is 11.4. The predicted octanol–water partition coefficient (Wildman–Crippen LogP) is 4.44. The molecule has 0 aliphatic carbocycles. The van der Waals surface area contributed by atoms with Gasteiger partial charge >= 0.3 is 15.6 Å². The molecule has 176 valence electrons. The summed E-state index contributed by atoms with van der Waals surface area (Å²) in [6, 6.07) is 12.0. The van der Waals surface area contributed by atoms with Gasteiger partial charge < -0.3 is 14.4 Å². The quantitative estimate of drug-likeness (QED) is 0.190. The van der Waals surface area contributed by atoms with Crippen molar-refractivity contribution in [2.75, 3.05) is 18.0 Å². The van der Waals surface area contributed by atoms with E-state index in [2.05, 4.69) is 23.7 Å². The number of fused-ring (bicyclic) bond motifs is 4. The summed E-state index contributed by atoms with van der Waals surface area (Å²) >= 11 is 0. The maximum absolute atomic E-state index is 11.7. The number of nitrogens with zero attached hydrogens (tertiary/aromatic N) is 2. The number of phenolic OH excluding ortho intramolecular Hbond substituents is 1. The lowest BCUT2D eigenvalue weighted by atomic mass is 10.1. The van der Waals surface area contributed by atoms with Crippen molar-refractivity contribution in [3.63, 3.8) is 0 Å². The number of anilines is 1. The maximum Gasteiger partial charge on any atom is 0.522 e. The van der Waals surface area contributed by atoms with E-state index < -0.39 is 15.6 Å². The fourth-order valence-electron chi connectivity index (χ4n) is 3.24. The lowest BCUT2D eigenvalue weighted by molar-refractivity contribution is -0.0510. The van der Waals surface area contributed by atoms with Gasteiger partial charge in [-0.25, -0.2) is 4.98 Å². The Kier molecular flexibility index (Phi) is 6.52. The third-order valence-corrected chi connectivity index (χ3v) is 5.42. The molecular weight excluding hydrogens is 465 g/mol. The Morgan fingerprint density at radius 3 is 2.21 bits per heavy atom. The maximum atomic E-state index is 11.7. The first-order valence-corrected chi connectivity index (χ1v) is 11.1. The van der Waals surface area contributed by atoms with E-state index in [0.29, 0.717) is 33.0 Å². The van der Waals surface area contributed by atoms with Crippen molar-refractivity contribution >= 4 is 48.8 Å². The average Bonchev–Trinajstić information content (AvgIpc) is 2.72. The fourth-order valence-corrected chi connectivity index (χ4v) is 3.24. The van der Waals surface area contributed by atoms with E-state index in [1.165, 1.54) is 12.1 Å². The van der Waals surface area contributed by atoms with Crippen LogP contribution in [0.25, 0.3) is 33.0 Å². The van der Waals surface area contributed by atoms with Gasteiger partial charge in [0.2, 0.25) is 0 Å². The lowest BCUT2D eigenvalue weighted by Crippen LogP contribution is -2.21. The van der Waals surface area contributed by atoms with Crippen LogP contribution in [0.4, 0.5) is 18.9 Å². The largest absolute Gasteiger partial charge is 0.522 e. The van der Waals surface area contributed by atoms with Gasteiger partial charge in [-0.1, -0.05) is 0 Å². The molecule has 0 spiro atoms. The first kappa shape index (κ1) is 24.3. The summed E-state index contributed by atoms with van der Waals surface area (Å²) in [7, 11) is -5.84. The van der Waals surface area contributed by atoms with E-state index in [-0.39, 0.29) is 11.2 Å². The highest BCUT2D eigenvalue weighted by molar-refractivity contribution is 7.86. The second kappa shape index (κ2) is 8.87. The SMILES string of the molecule is CCN(CC)c1ccc2nc3c(cc(O)c4ccc(=O)cc43)oc2c1.O=S(=O)(O)C(F)(F)F. The topological polar surface area (TPSA) is 121 Å². The normalized spacial score (nSPS) is 12.1. The van der Waals surface area contributed by atoms with Gasteiger partial charge in [0.15, 0.2) is 16.6 Å². The molecule has 0 radical (unpaired) electrons. The third kappa shape index (κ3) is 5.01. The minimum Gasteiger partial charge on any atom is -0.507 e. The highest BCUT2D eigenvalue weighted by atomic mass is 32.2. The van der Waals surface area contributed by atoms with E-state index in [1.54, 1.807) is 12.1 Å². The number of halogens is 3. The molecule has 4 aromatic rings. The number of hydrogen-bond acceptors (Lipinski definition) is 7. The molecule has 12 heteroatoms. The monoisotopic (exact) mass is 484 g/mol. The summed E-state index contributed by atoms with van der Waals surface area (Å²) in [5.74, 6) is 0.0762. The third-order valence-electron chi connectivity index (χ3n) is 4.84. The molecule has 0 fully saturated rings. The molecule has 3 aromatic carbocycles. The highest BCUT2D eigenvalue weighted by Gasteiger charge is 2.44. The second-order valence-corrected chi connectivity index (χ2v) is 8.32. The van der Waals surface area contributed by atoms with E-state index in [4.69, 9.17) is 17.4 Å². The number of alkyl halides is 3. The molecular formula is C21H19F3N2O6S. The number of rotatable bonds is 3. The number of hydrogen-bond donors (Lipinski definition) is 2. The van der Waals surface area contributed by atoms with Crippen molar-refractivity contribution in [2.24, 2.45) is 0 Å². The summed E-state index contributed by atoms with van der Waals surface area (Å²) in [5.41, 5.74) is -2.20. The Balaban J connectivity index is 0.000000331. The van der Waals surface area contributed by atoms with E-state index in [1.807, 2.05) is 18.2 Å². The van der Waals surface area contributed by atoms with Crippen LogP contribution in [0.1, 0.15) is 13.8 Å². The fraction of sp³-hybridized carbons (Fsp3) is 0.238. The Morgan fingerprint density at radius 2 is 1.64 bits per heavy atom. The van der Waals surface area contributed by atoms with Gasteiger partial charge in [0.25, 0.3) is 0 Å². The smallest absolute Gasteiger partial charge is 0.507 e. The van der Waals surface area contributed by atoms with Crippen LogP contribution >= 0.6 is 0 Å². The zero-order valence-corrected chi connectivity index (χ0v) is 18.2. The van der Waals surface area contributed by atoms with Crippen molar-refractivity contribution in [3.8, 4) is 5.75 Å². The molecule has 0 bridgehead atoms. The van der Waals surface area contributed by atoms with Gasteiger partial charge in [0.05, 0.1) is 0 Å². The Bertz CT molecular complexity index is 1500. The van der Waals surface area contributed by atoms with Crippen molar-refractivity contribution in [1.82, 2.24) is 4.98 Å². The van der Waals surface area contributed by atoms with Gasteiger partial charge in [-0.05, 0) is 44.2 Å². The van der Waals surface area contributed by atoms with E-state index in [9.17, 15) is 23.1 Å². The number of phenols is 1. The zero-order valence-electron chi connectivity index (χ0n) is 17.4. The molecule has 33 heavy (non-hydrogen) atoms. The summed E-state index contributed by atoms with van der Waals surface area (Å²) < 4.78 is 63.5. The van der Waals surface area contributed by atoms with Gasteiger partial charge in [0, 0.05) is 41.7 Å². The highest BCUT2D eigenvalue weighted by Crippen LogP contribution is 2.33. The number of aromatic nitrogens is 1. The van der Waals surface area contributed by atoms with E-state index >= 15 is 0 Å². The predicted molar refractivity (Wildman–Crippen MR) is 118 cm³/mol.